The van der Waals surface area contributed by atoms with E-state index in [1.54, 1.807) is 0 Å². The van der Waals surface area contributed by atoms with Crippen LogP contribution in [0.25, 0.3) is 22.4 Å². The van der Waals surface area contributed by atoms with Gasteiger partial charge in [-0.2, -0.15) is 4.34 Å². The lowest BCUT2D eigenvalue weighted by atomic mass is 9.98. The molecule has 1 atom stereocenters. The van der Waals surface area contributed by atoms with E-state index in [0.717, 1.165) is 21.3 Å². The van der Waals surface area contributed by atoms with Crippen LogP contribution in [0, 0.1) is 0 Å². The van der Waals surface area contributed by atoms with E-state index in [1.807, 2.05) is 0 Å². The lowest BCUT2D eigenvalue weighted by molar-refractivity contribution is -0.492. The van der Waals surface area contributed by atoms with Gasteiger partial charge in [0.05, 0.1) is 0 Å². The molecular formula is C22H25NP+. The minimum atomic E-state index is 0.781. The second-order valence-electron chi connectivity index (χ2n) is 5.96. The zero-order chi connectivity index (χ0) is 16.8. The minimum Gasteiger partial charge on any atom is -0.186 e. The van der Waals surface area contributed by atoms with E-state index < -0.39 is 0 Å². The van der Waals surface area contributed by atoms with Crippen LogP contribution in [0.1, 0.15) is 25.8 Å². The highest BCUT2D eigenvalue weighted by molar-refractivity contribution is 7.30. The molecule has 0 fully saturated rings. The Hall–Kier alpha value is -1.98. The Labute approximate surface area is 147 Å². The Bertz CT molecular complexity index is 796. The van der Waals surface area contributed by atoms with Gasteiger partial charge in [-0.05, 0) is 29.2 Å². The summed E-state index contributed by atoms with van der Waals surface area (Å²) in [4.78, 5) is 0. The van der Waals surface area contributed by atoms with E-state index >= 15 is 0 Å². The van der Waals surface area contributed by atoms with Crippen LogP contribution in [-0.2, 0) is 6.42 Å². The van der Waals surface area contributed by atoms with Crippen LogP contribution in [-0.4, -0.2) is 6.16 Å². The second kappa shape index (κ2) is 8.22. The van der Waals surface area contributed by atoms with Crippen LogP contribution in [0.3, 0.4) is 0 Å². The number of aromatic nitrogens is 1. The summed E-state index contributed by atoms with van der Waals surface area (Å²) in [6, 6.07) is 24.1. The lowest BCUT2D eigenvalue weighted by Gasteiger charge is -2.10. The number of aryl methyl sites for hydroxylation is 1. The Balaban J connectivity index is 2.14. The summed E-state index contributed by atoms with van der Waals surface area (Å²) < 4.78 is 2.42. The quantitative estimate of drug-likeness (QED) is 0.507. The molecule has 0 amide bonds. The summed E-state index contributed by atoms with van der Waals surface area (Å²) in [6.45, 7) is 4.50. The fourth-order valence-electron chi connectivity index (χ4n) is 3.08. The lowest BCUT2D eigenvalue weighted by Crippen LogP contribution is -2.26. The smallest absolute Gasteiger partial charge is 0.186 e. The van der Waals surface area contributed by atoms with E-state index in [1.165, 1.54) is 34.4 Å². The standard InChI is InChI=1S/C22H25NP/c1-3-10-19-13-8-9-14-21(19)22-17-20(15-16-23(22)24-4-2)18-11-6-5-7-12-18/h5-9,11-17,24H,3-4,10H2,1-2H3/q+1. The third kappa shape index (κ3) is 3.74. The Morgan fingerprint density at radius 1 is 0.833 bits per heavy atom. The van der Waals surface area contributed by atoms with Crippen molar-refractivity contribution < 1.29 is 4.34 Å². The summed E-state index contributed by atoms with van der Waals surface area (Å²) in [5.41, 5.74) is 6.71. The van der Waals surface area contributed by atoms with Gasteiger partial charge in [-0.15, -0.1) is 0 Å². The van der Waals surface area contributed by atoms with E-state index in [-0.39, 0.29) is 0 Å². The predicted molar refractivity (Wildman–Crippen MR) is 106 cm³/mol. The SMILES string of the molecule is CCCc1ccccc1-c1cc(-c2ccccc2)cc[n+]1PCC. The van der Waals surface area contributed by atoms with Crippen molar-refractivity contribution in [2.24, 2.45) is 0 Å². The Kier molecular flexibility index (Phi) is 5.77. The molecule has 0 radical (unpaired) electrons. The van der Waals surface area contributed by atoms with Crippen molar-refractivity contribution in [3.8, 4) is 22.4 Å². The van der Waals surface area contributed by atoms with Crippen LogP contribution in [0.15, 0.2) is 72.9 Å². The molecule has 0 spiro atoms. The van der Waals surface area contributed by atoms with Gasteiger partial charge >= 0.3 is 0 Å². The van der Waals surface area contributed by atoms with Gasteiger partial charge in [-0.1, -0.05) is 68.8 Å². The fraction of sp³-hybridized carbons (Fsp3) is 0.227. The van der Waals surface area contributed by atoms with Crippen molar-refractivity contribution in [1.29, 1.82) is 0 Å². The van der Waals surface area contributed by atoms with Gasteiger partial charge in [0.2, 0.25) is 5.69 Å². The monoisotopic (exact) mass is 334 g/mol. The largest absolute Gasteiger partial charge is 0.214 e. The molecule has 1 heterocycles. The fourth-order valence-corrected chi connectivity index (χ4v) is 3.96. The molecule has 0 aliphatic rings. The van der Waals surface area contributed by atoms with Gasteiger partial charge in [-0.25, -0.2) is 0 Å². The number of rotatable bonds is 6. The van der Waals surface area contributed by atoms with Crippen LogP contribution in [0.5, 0.6) is 0 Å². The summed E-state index contributed by atoms with van der Waals surface area (Å²) >= 11 is 0. The summed E-state index contributed by atoms with van der Waals surface area (Å²) in [5.74, 6) is 0. The molecule has 3 rings (SSSR count). The molecule has 3 aromatic rings. The van der Waals surface area contributed by atoms with Crippen molar-refractivity contribution in [3.05, 3.63) is 78.5 Å². The zero-order valence-electron chi connectivity index (χ0n) is 14.5. The molecule has 0 aliphatic carbocycles. The van der Waals surface area contributed by atoms with E-state index in [9.17, 15) is 0 Å². The van der Waals surface area contributed by atoms with Gasteiger partial charge in [0.25, 0.3) is 0 Å². The minimum absolute atomic E-state index is 0.781. The molecule has 1 aromatic heterocycles. The first-order valence-corrected chi connectivity index (χ1v) is 9.92. The zero-order valence-corrected chi connectivity index (χ0v) is 15.5. The van der Waals surface area contributed by atoms with Crippen molar-refractivity contribution in [2.45, 2.75) is 26.7 Å². The number of hydrogen-bond acceptors (Lipinski definition) is 0. The maximum Gasteiger partial charge on any atom is 0.214 e. The Morgan fingerprint density at radius 2 is 1.58 bits per heavy atom. The van der Waals surface area contributed by atoms with Gasteiger partial charge in [0, 0.05) is 23.9 Å². The summed E-state index contributed by atoms with van der Waals surface area (Å²) in [6.07, 6.45) is 5.72. The van der Waals surface area contributed by atoms with E-state index in [4.69, 9.17) is 0 Å². The molecule has 0 saturated carbocycles. The molecule has 0 bridgehead atoms. The maximum absolute atomic E-state index is 2.42. The summed E-state index contributed by atoms with van der Waals surface area (Å²) in [5, 5.41) is 0. The highest BCUT2D eigenvalue weighted by atomic mass is 31.1. The van der Waals surface area contributed by atoms with Gasteiger partial charge in [-0.3, -0.25) is 0 Å². The topological polar surface area (TPSA) is 3.88 Å². The van der Waals surface area contributed by atoms with Crippen LogP contribution in [0.2, 0.25) is 0 Å². The van der Waals surface area contributed by atoms with Crippen LogP contribution < -0.4 is 4.34 Å². The first-order chi connectivity index (χ1) is 11.8. The van der Waals surface area contributed by atoms with Crippen LogP contribution >= 0.6 is 8.73 Å². The molecule has 0 saturated heterocycles. The third-order valence-corrected chi connectivity index (χ3v) is 5.25. The third-order valence-electron chi connectivity index (χ3n) is 4.20. The van der Waals surface area contributed by atoms with Gasteiger partial charge in [0.1, 0.15) is 0 Å². The van der Waals surface area contributed by atoms with Gasteiger partial charge < -0.3 is 0 Å². The average molecular weight is 334 g/mol. The number of hydrogen-bond donors (Lipinski definition) is 0. The first-order valence-electron chi connectivity index (χ1n) is 8.76. The highest BCUT2D eigenvalue weighted by Crippen LogP contribution is 2.28. The van der Waals surface area contributed by atoms with E-state index in [2.05, 4.69) is 91.1 Å². The molecule has 2 aromatic carbocycles. The maximum atomic E-state index is 2.42. The molecule has 1 unspecified atom stereocenters. The summed E-state index contributed by atoms with van der Waals surface area (Å²) in [7, 11) is 0.781. The molecule has 1 nitrogen and oxygen atoms in total. The van der Waals surface area contributed by atoms with Crippen molar-refractivity contribution in [2.75, 3.05) is 6.16 Å². The van der Waals surface area contributed by atoms with Crippen LogP contribution in [0.4, 0.5) is 0 Å². The molecular weight excluding hydrogens is 309 g/mol. The molecule has 2 heteroatoms. The number of benzene rings is 2. The predicted octanol–water partition coefficient (Wildman–Crippen LogP) is 5.72. The first kappa shape index (κ1) is 16.9. The van der Waals surface area contributed by atoms with Crippen molar-refractivity contribution >= 4 is 8.73 Å². The highest BCUT2D eigenvalue weighted by Gasteiger charge is 2.17. The Morgan fingerprint density at radius 3 is 2.33 bits per heavy atom. The number of nitrogens with zero attached hydrogens (tertiary/aromatic N) is 1. The molecule has 0 N–H and O–H groups in total. The molecule has 24 heavy (non-hydrogen) atoms. The normalized spacial score (nSPS) is 11.2. The van der Waals surface area contributed by atoms with Gasteiger partial charge in [0.15, 0.2) is 14.9 Å². The average Bonchev–Trinajstić information content (AvgIpc) is 2.64. The van der Waals surface area contributed by atoms with Crippen molar-refractivity contribution in [3.63, 3.8) is 0 Å². The van der Waals surface area contributed by atoms with E-state index in [0.29, 0.717) is 0 Å². The molecule has 0 aliphatic heterocycles. The molecule has 122 valence electrons. The van der Waals surface area contributed by atoms with Crippen molar-refractivity contribution in [1.82, 2.24) is 0 Å². The number of pyridine rings is 1. The second-order valence-corrected chi connectivity index (χ2v) is 7.46.